The summed E-state index contributed by atoms with van der Waals surface area (Å²) < 4.78 is 26.1. The topological polar surface area (TPSA) is 83.2 Å². The monoisotopic (exact) mass is 332 g/mol. The number of piperazine rings is 1. The van der Waals surface area contributed by atoms with Crippen LogP contribution >= 0.6 is 12.4 Å². The average molecular weight is 333 g/mol. The predicted octanol–water partition coefficient (Wildman–Crippen LogP) is 0.895. The third-order valence-electron chi connectivity index (χ3n) is 3.15. The molecule has 0 radical (unpaired) electrons. The van der Waals surface area contributed by atoms with Crippen LogP contribution in [0.5, 0.6) is 0 Å². The Labute approximate surface area is 133 Å². The van der Waals surface area contributed by atoms with E-state index < -0.39 is 11.6 Å². The van der Waals surface area contributed by atoms with Crippen molar-refractivity contribution in [2.45, 2.75) is 0 Å². The summed E-state index contributed by atoms with van der Waals surface area (Å²) in [7, 11) is 2.03. The number of hydrogen-bond acceptors (Lipinski definition) is 2. The Hall–Kier alpha value is -1.93. The molecule has 22 heavy (non-hydrogen) atoms. The van der Waals surface area contributed by atoms with E-state index in [9.17, 15) is 8.78 Å². The van der Waals surface area contributed by atoms with Crippen molar-refractivity contribution in [2.75, 3.05) is 33.2 Å². The van der Waals surface area contributed by atoms with Gasteiger partial charge in [-0.2, -0.15) is 4.99 Å². The number of benzene rings is 1. The van der Waals surface area contributed by atoms with E-state index in [1.165, 1.54) is 0 Å². The average Bonchev–Trinajstić information content (AvgIpc) is 2.37. The fourth-order valence-electron chi connectivity index (χ4n) is 1.98. The van der Waals surface area contributed by atoms with Crippen LogP contribution < -0.4 is 11.5 Å². The minimum absolute atomic E-state index is 0. The zero-order valence-corrected chi connectivity index (χ0v) is 13.0. The summed E-state index contributed by atoms with van der Waals surface area (Å²) in [6, 6.07) is 2.89. The van der Waals surface area contributed by atoms with Gasteiger partial charge in [-0.1, -0.05) is 0 Å². The van der Waals surface area contributed by atoms with Gasteiger partial charge in [0, 0.05) is 32.2 Å². The molecule has 0 aliphatic carbocycles. The van der Waals surface area contributed by atoms with E-state index in [2.05, 4.69) is 14.9 Å². The van der Waals surface area contributed by atoms with E-state index in [1.807, 2.05) is 11.9 Å². The molecule has 1 fully saturated rings. The van der Waals surface area contributed by atoms with Gasteiger partial charge in [-0.3, -0.25) is 0 Å². The van der Waals surface area contributed by atoms with Crippen molar-refractivity contribution in [3.05, 3.63) is 29.8 Å². The molecule has 1 aromatic rings. The number of likely N-dealkylation sites (N-methyl/N-ethyl adjacent to an activating group) is 1. The fraction of sp³-hybridized carbons (Fsp3) is 0.385. The van der Waals surface area contributed by atoms with Crippen LogP contribution in [-0.2, 0) is 0 Å². The van der Waals surface area contributed by atoms with Gasteiger partial charge in [-0.25, -0.2) is 13.8 Å². The summed E-state index contributed by atoms with van der Waals surface area (Å²) in [5.74, 6) is -1.34. The molecule has 0 saturated carbocycles. The molecule has 1 heterocycles. The first-order valence-corrected chi connectivity index (χ1v) is 6.52. The highest BCUT2D eigenvalue weighted by atomic mass is 35.5. The van der Waals surface area contributed by atoms with E-state index in [0.717, 1.165) is 44.4 Å². The molecule has 0 unspecified atom stereocenters. The molecule has 0 aromatic heterocycles. The predicted molar refractivity (Wildman–Crippen MR) is 85.6 cm³/mol. The lowest BCUT2D eigenvalue weighted by Crippen LogP contribution is -2.50. The molecule has 2 rings (SSSR count). The van der Waals surface area contributed by atoms with Gasteiger partial charge in [0.15, 0.2) is 5.96 Å². The first-order valence-electron chi connectivity index (χ1n) is 6.52. The molecular weight excluding hydrogens is 314 g/mol. The Bertz CT molecular complexity index is 549. The Balaban J connectivity index is 0.00000242. The summed E-state index contributed by atoms with van der Waals surface area (Å²) in [5.41, 5.74) is 11.6. The van der Waals surface area contributed by atoms with Crippen molar-refractivity contribution in [1.82, 2.24) is 9.80 Å². The van der Waals surface area contributed by atoms with Crippen molar-refractivity contribution in [2.24, 2.45) is 21.5 Å². The molecule has 1 aliphatic heterocycles. The SMILES string of the molecule is CN1CCN(C(N)=NC(N)=Nc2cc(F)cc(F)c2)CC1.Cl. The van der Waals surface area contributed by atoms with Gasteiger partial charge in [-0.15, -0.1) is 12.4 Å². The van der Waals surface area contributed by atoms with Gasteiger partial charge in [-0.05, 0) is 19.2 Å². The van der Waals surface area contributed by atoms with Gasteiger partial charge >= 0.3 is 0 Å². The van der Waals surface area contributed by atoms with E-state index in [1.54, 1.807) is 0 Å². The lowest BCUT2D eigenvalue weighted by molar-refractivity contribution is 0.214. The van der Waals surface area contributed by atoms with E-state index >= 15 is 0 Å². The summed E-state index contributed by atoms with van der Waals surface area (Å²) in [4.78, 5) is 11.9. The summed E-state index contributed by atoms with van der Waals surface area (Å²) in [6.07, 6.45) is 0. The number of nitrogens with zero attached hydrogens (tertiary/aromatic N) is 4. The maximum atomic E-state index is 13.0. The van der Waals surface area contributed by atoms with Gasteiger partial charge in [0.25, 0.3) is 0 Å². The van der Waals surface area contributed by atoms with E-state index in [4.69, 9.17) is 11.5 Å². The molecule has 6 nitrogen and oxygen atoms in total. The quantitative estimate of drug-likeness (QED) is 0.591. The molecule has 0 amide bonds. The van der Waals surface area contributed by atoms with Gasteiger partial charge < -0.3 is 21.3 Å². The third-order valence-corrected chi connectivity index (χ3v) is 3.15. The molecule has 0 spiro atoms. The lowest BCUT2D eigenvalue weighted by Gasteiger charge is -2.32. The molecule has 1 aliphatic rings. The van der Waals surface area contributed by atoms with Crippen molar-refractivity contribution in [1.29, 1.82) is 0 Å². The Morgan fingerprint density at radius 3 is 2.14 bits per heavy atom. The summed E-state index contributed by atoms with van der Waals surface area (Å²) in [6.45, 7) is 3.24. The Morgan fingerprint density at radius 2 is 1.59 bits per heavy atom. The van der Waals surface area contributed by atoms with Gasteiger partial charge in [0.05, 0.1) is 5.69 Å². The second kappa shape index (κ2) is 7.90. The zero-order chi connectivity index (χ0) is 15.4. The number of rotatable bonds is 1. The normalized spacial score (nSPS) is 17.3. The molecule has 122 valence electrons. The number of nitrogens with two attached hydrogens (primary N) is 2. The highest BCUT2D eigenvalue weighted by Gasteiger charge is 2.15. The van der Waals surface area contributed by atoms with Crippen molar-refractivity contribution in [3.8, 4) is 0 Å². The van der Waals surface area contributed by atoms with Crippen LogP contribution in [0.25, 0.3) is 0 Å². The van der Waals surface area contributed by atoms with Crippen LogP contribution in [0.3, 0.4) is 0 Å². The largest absolute Gasteiger partial charge is 0.369 e. The number of aliphatic imine (C=N–C) groups is 2. The van der Waals surface area contributed by atoms with Crippen LogP contribution in [0.4, 0.5) is 14.5 Å². The second-order valence-corrected chi connectivity index (χ2v) is 4.86. The zero-order valence-electron chi connectivity index (χ0n) is 12.2. The first-order chi connectivity index (χ1) is 9.94. The Kier molecular flexibility index (Phi) is 6.51. The van der Waals surface area contributed by atoms with Crippen LogP contribution in [-0.4, -0.2) is 54.9 Å². The molecule has 0 bridgehead atoms. The fourth-order valence-corrected chi connectivity index (χ4v) is 1.98. The minimum atomic E-state index is -0.724. The van der Waals surface area contributed by atoms with Crippen molar-refractivity contribution >= 4 is 30.0 Å². The maximum Gasteiger partial charge on any atom is 0.223 e. The highest BCUT2D eigenvalue weighted by molar-refractivity contribution is 5.94. The van der Waals surface area contributed by atoms with Crippen LogP contribution in [0.15, 0.2) is 28.2 Å². The van der Waals surface area contributed by atoms with Gasteiger partial charge in [0.1, 0.15) is 11.6 Å². The van der Waals surface area contributed by atoms with E-state index in [-0.39, 0.29) is 30.0 Å². The minimum Gasteiger partial charge on any atom is -0.369 e. The van der Waals surface area contributed by atoms with Crippen molar-refractivity contribution < 1.29 is 8.78 Å². The number of halogens is 3. The lowest BCUT2D eigenvalue weighted by atomic mass is 10.3. The summed E-state index contributed by atoms with van der Waals surface area (Å²) in [5, 5.41) is 0. The van der Waals surface area contributed by atoms with Crippen molar-refractivity contribution in [3.63, 3.8) is 0 Å². The number of hydrogen-bond donors (Lipinski definition) is 2. The van der Waals surface area contributed by atoms with Gasteiger partial charge in [0.2, 0.25) is 5.96 Å². The first kappa shape index (κ1) is 18.1. The molecule has 0 atom stereocenters. The molecule has 1 aromatic carbocycles. The third kappa shape index (κ3) is 5.12. The standard InChI is InChI=1S/C13H18F2N6.ClH/c1-20-2-4-21(5-3-20)13(17)19-12(16)18-11-7-9(14)6-10(15)8-11;/h6-8H,2-5H2,1H3,(H4,16,17,18,19);1H. The van der Waals surface area contributed by atoms with E-state index in [0.29, 0.717) is 0 Å². The molecular formula is C13H19ClF2N6. The summed E-state index contributed by atoms with van der Waals surface area (Å²) >= 11 is 0. The number of guanidine groups is 2. The molecule has 1 saturated heterocycles. The van der Waals surface area contributed by atoms with Crippen LogP contribution in [0.2, 0.25) is 0 Å². The smallest absolute Gasteiger partial charge is 0.223 e. The second-order valence-electron chi connectivity index (χ2n) is 4.86. The molecule has 9 heteroatoms. The highest BCUT2D eigenvalue weighted by Crippen LogP contribution is 2.16. The Morgan fingerprint density at radius 1 is 1.05 bits per heavy atom. The van der Waals surface area contributed by atoms with Crippen LogP contribution in [0.1, 0.15) is 0 Å². The maximum absolute atomic E-state index is 13.0. The van der Waals surface area contributed by atoms with Crippen LogP contribution in [0, 0.1) is 11.6 Å². The molecule has 4 N–H and O–H groups in total.